The van der Waals surface area contributed by atoms with E-state index < -0.39 is 17.4 Å². The number of carboxylic acid groups (broad SMARTS) is 2. The Bertz CT molecular complexity index is 929. The topological polar surface area (TPSA) is 74.6 Å². The molecular weight excluding hydrogens is 400 g/mol. The molecule has 32 heavy (non-hydrogen) atoms. The number of hydrogen-bond acceptors (Lipinski definition) is 2. The van der Waals surface area contributed by atoms with E-state index in [1.807, 2.05) is 62.4 Å². The third-order valence-corrected chi connectivity index (χ3v) is 6.00. The Morgan fingerprint density at radius 1 is 0.781 bits per heavy atom. The Kier molecular flexibility index (Phi) is 9.01. The molecule has 0 aliphatic carbocycles. The van der Waals surface area contributed by atoms with Gasteiger partial charge in [0, 0.05) is 6.42 Å². The molecule has 0 fully saturated rings. The Morgan fingerprint density at radius 2 is 1.25 bits per heavy atom. The van der Waals surface area contributed by atoms with Crippen molar-refractivity contribution < 1.29 is 19.8 Å². The normalized spacial score (nSPS) is 11.2. The van der Waals surface area contributed by atoms with Crippen LogP contribution in [-0.4, -0.2) is 22.2 Å². The summed E-state index contributed by atoms with van der Waals surface area (Å²) in [5.41, 5.74) is 3.94. The molecule has 0 atom stereocenters. The van der Waals surface area contributed by atoms with Gasteiger partial charge in [-0.3, -0.25) is 9.59 Å². The lowest BCUT2D eigenvalue weighted by molar-refractivity contribution is -0.142. The molecule has 0 unspecified atom stereocenters. The molecule has 0 aromatic heterocycles. The molecule has 4 heteroatoms. The first-order valence-corrected chi connectivity index (χ1v) is 11.2. The van der Waals surface area contributed by atoms with Crippen LogP contribution in [0.15, 0.2) is 61.7 Å². The van der Waals surface area contributed by atoms with Crippen molar-refractivity contribution in [3.8, 4) is 0 Å². The van der Waals surface area contributed by atoms with Crippen molar-refractivity contribution in [2.45, 2.75) is 64.2 Å². The Labute approximate surface area is 191 Å². The minimum atomic E-state index is -1.18. The number of carbonyl (C=O) groups is 2. The molecule has 2 N–H and O–H groups in total. The summed E-state index contributed by atoms with van der Waals surface area (Å²) in [7, 11) is 0. The minimum absolute atomic E-state index is 0.181. The number of allylic oxidation sites excluding steroid dienone is 2. The van der Waals surface area contributed by atoms with Gasteiger partial charge in [-0.15, -0.1) is 0 Å². The predicted octanol–water partition coefficient (Wildman–Crippen LogP) is 6.94. The second-order valence-corrected chi connectivity index (χ2v) is 8.59. The fraction of sp³-hybridized carbons (Fsp3) is 0.357. The molecule has 0 aliphatic heterocycles. The average molecular weight is 435 g/mol. The standard InChI is InChI=1S/C28H34O4/c1-20(2)22-12-10-14-24(18-22)28(27(31)32,17-9-7-5-6-8-16-26(29)30)25-15-11-13-23(19-25)21(3)4/h10-15,18-19H,1,3,5-9,16-17H2,2,4H3,(H,29,30)(H,31,32). The monoisotopic (exact) mass is 434 g/mol. The van der Waals surface area contributed by atoms with Crippen LogP contribution in [0.5, 0.6) is 0 Å². The van der Waals surface area contributed by atoms with E-state index in [-0.39, 0.29) is 6.42 Å². The van der Waals surface area contributed by atoms with Crippen LogP contribution in [0.2, 0.25) is 0 Å². The van der Waals surface area contributed by atoms with E-state index >= 15 is 0 Å². The number of hydrogen-bond donors (Lipinski definition) is 2. The van der Waals surface area contributed by atoms with Gasteiger partial charge in [0.2, 0.25) is 0 Å². The SMILES string of the molecule is C=C(C)c1cccc(C(CCCCCCCC(=O)O)(C(=O)O)c2cccc(C(=C)C)c2)c1. The molecule has 0 heterocycles. The third kappa shape index (κ3) is 6.19. The first-order valence-electron chi connectivity index (χ1n) is 11.2. The fourth-order valence-electron chi connectivity index (χ4n) is 4.11. The van der Waals surface area contributed by atoms with Crippen LogP contribution in [0, 0.1) is 0 Å². The van der Waals surface area contributed by atoms with Crippen molar-refractivity contribution >= 4 is 23.1 Å². The second kappa shape index (κ2) is 11.5. The van der Waals surface area contributed by atoms with Crippen LogP contribution < -0.4 is 0 Å². The van der Waals surface area contributed by atoms with Crippen LogP contribution in [-0.2, 0) is 15.0 Å². The summed E-state index contributed by atoms with van der Waals surface area (Å²) < 4.78 is 0. The number of benzene rings is 2. The van der Waals surface area contributed by atoms with E-state index in [1.165, 1.54) is 0 Å². The van der Waals surface area contributed by atoms with Crippen molar-refractivity contribution in [2.24, 2.45) is 0 Å². The highest BCUT2D eigenvalue weighted by molar-refractivity contribution is 5.87. The zero-order chi connectivity index (χ0) is 23.7. The zero-order valence-corrected chi connectivity index (χ0v) is 19.2. The summed E-state index contributed by atoms with van der Waals surface area (Å²) in [6, 6.07) is 15.3. The molecule has 0 saturated carbocycles. The number of unbranched alkanes of at least 4 members (excludes halogenated alkanes) is 4. The summed E-state index contributed by atoms with van der Waals surface area (Å²) in [5, 5.41) is 19.4. The first-order chi connectivity index (χ1) is 15.2. The molecule has 0 bridgehead atoms. The van der Waals surface area contributed by atoms with Gasteiger partial charge < -0.3 is 10.2 Å². The third-order valence-electron chi connectivity index (χ3n) is 6.00. The van der Waals surface area contributed by atoms with Crippen molar-refractivity contribution in [1.29, 1.82) is 0 Å². The summed E-state index contributed by atoms with van der Waals surface area (Å²) in [4.78, 5) is 23.6. The molecule has 4 nitrogen and oxygen atoms in total. The highest BCUT2D eigenvalue weighted by atomic mass is 16.4. The van der Waals surface area contributed by atoms with Gasteiger partial charge in [-0.25, -0.2) is 0 Å². The van der Waals surface area contributed by atoms with E-state index in [4.69, 9.17) is 5.11 Å². The lowest BCUT2D eigenvalue weighted by atomic mass is 9.70. The Balaban J connectivity index is 2.41. The summed E-state index contributed by atoms with van der Waals surface area (Å²) in [5.74, 6) is -1.65. The molecule has 2 aromatic rings. The van der Waals surface area contributed by atoms with Gasteiger partial charge in [-0.1, -0.05) is 98.5 Å². The van der Waals surface area contributed by atoms with E-state index in [9.17, 15) is 14.7 Å². The number of rotatable bonds is 13. The second-order valence-electron chi connectivity index (χ2n) is 8.59. The first kappa shape index (κ1) is 25.1. The maximum Gasteiger partial charge on any atom is 0.318 e. The minimum Gasteiger partial charge on any atom is -0.481 e. The van der Waals surface area contributed by atoms with Gasteiger partial charge in [0.1, 0.15) is 5.41 Å². The van der Waals surface area contributed by atoms with E-state index in [0.717, 1.165) is 59.1 Å². The van der Waals surface area contributed by atoms with Gasteiger partial charge >= 0.3 is 11.9 Å². The van der Waals surface area contributed by atoms with Crippen molar-refractivity contribution in [3.63, 3.8) is 0 Å². The number of carboxylic acids is 2. The molecule has 0 aliphatic rings. The average Bonchev–Trinajstić information content (AvgIpc) is 2.75. The van der Waals surface area contributed by atoms with E-state index in [2.05, 4.69) is 13.2 Å². The largest absolute Gasteiger partial charge is 0.481 e. The molecule has 0 spiro atoms. The maximum absolute atomic E-state index is 12.9. The smallest absolute Gasteiger partial charge is 0.318 e. The van der Waals surface area contributed by atoms with Gasteiger partial charge in [-0.2, -0.15) is 0 Å². The van der Waals surface area contributed by atoms with Crippen molar-refractivity contribution in [3.05, 3.63) is 83.9 Å². The van der Waals surface area contributed by atoms with Crippen LogP contribution in [0.3, 0.4) is 0 Å². The van der Waals surface area contributed by atoms with Gasteiger partial charge in [0.25, 0.3) is 0 Å². The van der Waals surface area contributed by atoms with Crippen LogP contribution in [0.4, 0.5) is 0 Å². The molecule has 170 valence electrons. The molecule has 0 saturated heterocycles. The Morgan fingerprint density at radius 3 is 1.69 bits per heavy atom. The highest BCUT2D eigenvalue weighted by Crippen LogP contribution is 2.40. The van der Waals surface area contributed by atoms with Crippen molar-refractivity contribution in [2.75, 3.05) is 0 Å². The summed E-state index contributed by atoms with van der Waals surface area (Å²) >= 11 is 0. The lowest BCUT2D eigenvalue weighted by Gasteiger charge is -2.32. The quantitative estimate of drug-likeness (QED) is 0.335. The molecule has 2 rings (SSSR count). The molecule has 0 amide bonds. The summed E-state index contributed by atoms with van der Waals surface area (Å²) in [6.45, 7) is 11.9. The van der Waals surface area contributed by atoms with Gasteiger partial charge in [-0.05, 0) is 48.9 Å². The Hall–Kier alpha value is -3.14. The highest BCUT2D eigenvalue weighted by Gasteiger charge is 2.42. The van der Waals surface area contributed by atoms with Crippen LogP contribution in [0.1, 0.15) is 81.0 Å². The van der Waals surface area contributed by atoms with Crippen LogP contribution in [0.25, 0.3) is 11.1 Å². The van der Waals surface area contributed by atoms with Crippen LogP contribution >= 0.6 is 0 Å². The van der Waals surface area contributed by atoms with Gasteiger partial charge in [0.15, 0.2) is 0 Å². The van der Waals surface area contributed by atoms with Crippen molar-refractivity contribution in [1.82, 2.24) is 0 Å². The predicted molar refractivity (Wildman–Crippen MR) is 131 cm³/mol. The number of aliphatic carboxylic acids is 2. The van der Waals surface area contributed by atoms with Gasteiger partial charge in [0.05, 0.1) is 0 Å². The van der Waals surface area contributed by atoms with E-state index in [1.54, 1.807) is 0 Å². The maximum atomic E-state index is 12.9. The fourth-order valence-corrected chi connectivity index (χ4v) is 4.11. The lowest BCUT2D eigenvalue weighted by Crippen LogP contribution is -2.37. The van der Waals surface area contributed by atoms with E-state index in [0.29, 0.717) is 12.8 Å². The molecular formula is C28H34O4. The molecule has 2 aromatic carbocycles. The molecule has 0 radical (unpaired) electrons. The summed E-state index contributed by atoms with van der Waals surface area (Å²) in [6.07, 6.45) is 4.61. The zero-order valence-electron chi connectivity index (χ0n) is 19.2.